The number of pyridine rings is 1. The van der Waals surface area contributed by atoms with Gasteiger partial charge in [0.2, 0.25) is 0 Å². The lowest BCUT2D eigenvalue weighted by Crippen LogP contribution is -2.34. The number of hydrogen-bond donors (Lipinski definition) is 1. The van der Waals surface area contributed by atoms with Crippen LogP contribution in [0.2, 0.25) is 15.2 Å². The third-order valence-corrected chi connectivity index (χ3v) is 7.24. The van der Waals surface area contributed by atoms with E-state index in [0.717, 1.165) is 22.8 Å². The van der Waals surface area contributed by atoms with Crippen molar-refractivity contribution in [3.63, 3.8) is 0 Å². The van der Waals surface area contributed by atoms with Gasteiger partial charge in [0.25, 0.3) is 0 Å². The summed E-state index contributed by atoms with van der Waals surface area (Å²) in [6.07, 6.45) is 1.11. The standard InChI is InChI=1S/C28H22Cl3F3N4O2/c29-19-5-3-17(4-6-19)2-1-10-37-11-8-23-21(16-37)20-13-22(30)25(40-28(32,33)34)14-24(20)38(23)27(39)36-15-18-7-9-35-26(31)12-18/h1-7,9,12-14H,8,10-11,15-16H2,(H,36,39)/b2-1+. The first-order valence-corrected chi connectivity index (χ1v) is 13.4. The Morgan fingerprint density at radius 1 is 1.10 bits per heavy atom. The van der Waals surface area contributed by atoms with E-state index in [0.29, 0.717) is 42.2 Å². The lowest BCUT2D eigenvalue weighted by molar-refractivity contribution is -0.274. The van der Waals surface area contributed by atoms with E-state index in [9.17, 15) is 18.0 Å². The Hall–Kier alpha value is -3.24. The molecule has 1 N–H and O–H groups in total. The van der Waals surface area contributed by atoms with Gasteiger partial charge in [0.1, 0.15) is 10.9 Å². The molecule has 0 spiro atoms. The monoisotopic (exact) mass is 608 g/mol. The molecule has 2 aromatic heterocycles. The summed E-state index contributed by atoms with van der Waals surface area (Å²) in [6, 6.07) is 12.9. The quantitative estimate of drug-likeness (QED) is 0.227. The zero-order valence-corrected chi connectivity index (χ0v) is 23.1. The number of hydrogen-bond acceptors (Lipinski definition) is 4. The van der Waals surface area contributed by atoms with Crippen LogP contribution in [0.3, 0.4) is 0 Å². The van der Waals surface area contributed by atoms with E-state index < -0.39 is 18.1 Å². The number of ether oxygens (including phenoxy) is 1. The van der Waals surface area contributed by atoms with Crippen LogP contribution < -0.4 is 10.1 Å². The molecule has 0 aliphatic carbocycles. The molecular weight excluding hydrogens is 588 g/mol. The van der Waals surface area contributed by atoms with Crippen molar-refractivity contribution in [1.29, 1.82) is 0 Å². The zero-order chi connectivity index (χ0) is 28.4. The number of halogens is 6. The van der Waals surface area contributed by atoms with Crippen LogP contribution in [0.4, 0.5) is 18.0 Å². The topological polar surface area (TPSA) is 59.4 Å². The number of carbonyl (C=O) groups excluding carboxylic acids is 1. The summed E-state index contributed by atoms with van der Waals surface area (Å²) < 4.78 is 44.7. The Balaban J connectivity index is 1.45. The number of alkyl halides is 3. The normalized spacial score (nSPS) is 14.1. The highest BCUT2D eigenvalue weighted by Crippen LogP contribution is 2.39. The minimum atomic E-state index is -4.94. The van der Waals surface area contributed by atoms with Crippen molar-refractivity contribution in [1.82, 2.24) is 19.8 Å². The molecule has 1 amide bonds. The average Bonchev–Trinajstić information content (AvgIpc) is 3.20. The van der Waals surface area contributed by atoms with Crippen LogP contribution in [0.1, 0.15) is 22.4 Å². The van der Waals surface area contributed by atoms with E-state index in [1.165, 1.54) is 16.8 Å². The highest BCUT2D eigenvalue weighted by atomic mass is 35.5. The third-order valence-electron chi connectivity index (χ3n) is 6.49. The SMILES string of the molecule is O=C(NCc1ccnc(Cl)c1)n1c2c(c3cc(Cl)c(OC(F)(F)F)cc31)CN(C/C=C/c1ccc(Cl)cc1)CC2. The van der Waals surface area contributed by atoms with E-state index in [1.807, 2.05) is 36.4 Å². The van der Waals surface area contributed by atoms with Crippen molar-refractivity contribution >= 4 is 57.8 Å². The summed E-state index contributed by atoms with van der Waals surface area (Å²) in [5.74, 6) is -0.575. The van der Waals surface area contributed by atoms with E-state index in [1.54, 1.807) is 12.1 Å². The number of rotatable bonds is 6. The maximum absolute atomic E-state index is 13.4. The summed E-state index contributed by atoms with van der Waals surface area (Å²) in [6.45, 7) is 1.90. The molecule has 0 saturated carbocycles. The Morgan fingerprint density at radius 3 is 2.60 bits per heavy atom. The fraction of sp³-hybridized carbons (Fsp3) is 0.214. The van der Waals surface area contributed by atoms with Gasteiger partial charge < -0.3 is 10.1 Å². The molecule has 12 heteroatoms. The lowest BCUT2D eigenvalue weighted by Gasteiger charge is -2.27. The van der Waals surface area contributed by atoms with Crippen molar-refractivity contribution in [2.45, 2.75) is 25.9 Å². The second-order valence-electron chi connectivity index (χ2n) is 9.19. The molecule has 208 valence electrons. The largest absolute Gasteiger partial charge is 0.573 e. The fourth-order valence-electron chi connectivity index (χ4n) is 4.72. The number of aromatic nitrogens is 2. The first-order valence-electron chi connectivity index (χ1n) is 12.2. The Kier molecular flexibility index (Phi) is 8.28. The Morgan fingerprint density at radius 2 is 1.88 bits per heavy atom. The van der Waals surface area contributed by atoms with Gasteiger partial charge in [0, 0.05) is 61.0 Å². The third kappa shape index (κ3) is 6.55. The van der Waals surface area contributed by atoms with Gasteiger partial charge in [0.15, 0.2) is 0 Å². The average molecular weight is 610 g/mol. The molecule has 0 saturated heterocycles. The second-order valence-corrected chi connectivity index (χ2v) is 10.4. The van der Waals surface area contributed by atoms with Gasteiger partial charge >= 0.3 is 12.4 Å². The van der Waals surface area contributed by atoms with E-state index in [-0.39, 0.29) is 22.2 Å². The van der Waals surface area contributed by atoms with Gasteiger partial charge in [-0.05, 0) is 47.0 Å². The Bertz CT molecular complexity index is 1590. The molecule has 0 unspecified atom stereocenters. The highest BCUT2D eigenvalue weighted by molar-refractivity contribution is 6.33. The summed E-state index contributed by atoms with van der Waals surface area (Å²) in [5, 5.41) is 4.16. The van der Waals surface area contributed by atoms with Gasteiger partial charge in [-0.1, -0.05) is 59.1 Å². The summed E-state index contributed by atoms with van der Waals surface area (Å²) in [4.78, 5) is 19.5. The molecule has 1 aliphatic heterocycles. The Labute approximate surface area is 242 Å². The maximum atomic E-state index is 13.4. The van der Waals surface area contributed by atoms with Crippen molar-refractivity contribution < 1.29 is 22.7 Å². The van der Waals surface area contributed by atoms with Gasteiger partial charge in [-0.25, -0.2) is 9.78 Å². The van der Waals surface area contributed by atoms with Gasteiger partial charge in [0.05, 0.1) is 10.5 Å². The minimum absolute atomic E-state index is 0.149. The number of amides is 1. The first kappa shape index (κ1) is 28.3. The van der Waals surface area contributed by atoms with Gasteiger partial charge in [-0.3, -0.25) is 9.47 Å². The predicted molar refractivity (Wildman–Crippen MR) is 150 cm³/mol. The summed E-state index contributed by atoms with van der Waals surface area (Å²) in [5.41, 5.74) is 3.54. The van der Waals surface area contributed by atoms with Crippen LogP contribution in [0.25, 0.3) is 17.0 Å². The van der Waals surface area contributed by atoms with E-state index in [4.69, 9.17) is 34.8 Å². The van der Waals surface area contributed by atoms with Crippen LogP contribution in [-0.4, -0.2) is 39.9 Å². The molecule has 6 nitrogen and oxygen atoms in total. The molecule has 0 atom stereocenters. The van der Waals surface area contributed by atoms with Crippen molar-refractivity contribution in [3.05, 3.63) is 98.4 Å². The molecule has 2 aromatic carbocycles. The maximum Gasteiger partial charge on any atom is 0.573 e. The molecule has 1 aliphatic rings. The number of nitrogens with zero attached hydrogens (tertiary/aromatic N) is 3. The number of nitrogens with one attached hydrogen (secondary N) is 1. The number of benzene rings is 2. The zero-order valence-electron chi connectivity index (χ0n) is 20.8. The summed E-state index contributed by atoms with van der Waals surface area (Å²) in [7, 11) is 0. The molecule has 40 heavy (non-hydrogen) atoms. The molecule has 0 fully saturated rings. The van der Waals surface area contributed by atoms with E-state index in [2.05, 4.69) is 19.9 Å². The van der Waals surface area contributed by atoms with Gasteiger partial charge in [-0.2, -0.15) is 0 Å². The molecule has 0 radical (unpaired) electrons. The summed E-state index contributed by atoms with van der Waals surface area (Å²) >= 11 is 18.1. The van der Waals surface area contributed by atoms with Crippen LogP contribution in [0, 0.1) is 0 Å². The van der Waals surface area contributed by atoms with Crippen molar-refractivity contribution in [3.8, 4) is 5.75 Å². The molecule has 4 aromatic rings. The molecular formula is C28H22Cl3F3N4O2. The lowest BCUT2D eigenvalue weighted by atomic mass is 10.0. The van der Waals surface area contributed by atoms with Crippen LogP contribution in [-0.2, 0) is 19.5 Å². The highest BCUT2D eigenvalue weighted by Gasteiger charge is 2.33. The van der Waals surface area contributed by atoms with Crippen LogP contribution in [0.15, 0.2) is 60.8 Å². The van der Waals surface area contributed by atoms with Crippen molar-refractivity contribution in [2.24, 2.45) is 0 Å². The van der Waals surface area contributed by atoms with E-state index >= 15 is 0 Å². The number of fused-ring (bicyclic) bond motifs is 3. The minimum Gasteiger partial charge on any atom is -0.404 e. The fourth-order valence-corrected chi connectivity index (χ4v) is 5.25. The van der Waals surface area contributed by atoms with Crippen molar-refractivity contribution in [2.75, 3.05) is 13.1 Å². The second kappa shape index (κ2) is 11.7. The number of carbonyl (C=O) groups is 1. The first-order chi connectivity index (χ1) is 19.1. The predicted octanol–water partition coefficient (Wildman–Crippen LogP) is 7.72. The molecule has 3 heterocycles. The van der Waals surface area contributed by atoms with Crippen LogP contribution >= 0.6 is 34.8 Å². The molecule has 0 bridgehead atoms. The van der Waals surface area contributed by atoms with Gasteiger partial charge in [-0.15, -0.1) is 13.2 Å². The van der Waals surface area contributed by atoms with Crippen LogP contribution in [0.5, 0.6) is 5.75 Å². The smallest absolute Gasteiger partial charge is 0.404 e. The molecule has 5 rings (SSSR count).